The van der Waals surface area contributed by atoms with Crippen molar-refractivity contribution >= 4 is 5.97 Å². The van der Waals surface area contributed by atoms with E-state index in [0.717, 1.165) is 37.5 Å². The van der Waals surface area contributed by atoms with Gasteiger partial charge in [0.15, 0.2) is 0 Å². The molecule has 1 N–H and O–H groups in total. The van der Waals surface area contributed by atoms with E-state index in [-0.39, 0.29) is 0 Å². The van der Waals surface area contributed by atoms with Gasteiger partial charge < -0.3 is 5.11 Å². The summed E-state index contributed by atoms with van der Waals surface area (Å²) in [5.74, 6) is 1.10. The molecule has 2 nitrogen and oxygen atoms in total. The van der Waals surface area contributed by atoms with Crippen LogP contribution in [0, 0.1) is 12.8 Å². The molecule has 0 amide bonds. The van der Waals surface area contributed by atoms with E-state index in [4.69, 9.17) is 5.11 Å². The van der Waals surface area contributed by atoms with Gasteiger partial charge in [-0.25, -0.2) is 0 Å². The summed E-state index contributed by atoms with van der Waals surface area (Å²) in [6.07, 6.45) is 18.2. The molecule has 1 saturated carbocycles. The van der Waals surface area contributed by atoms with E-state index in [9.17, 15) is 4.79 Å². The SMILES string of the molecule is CCCCCC1CCC(c2ccc(CCCCCCCC(=O)O)cc2C)CC1. The first kappa shape index (κ1) is 23.0. The maximum Gasteiger partial charge on any atom is 0.303 e. The molecule has 0 spiro atoms. The summed E-state index contributed by atoms with van der Waals surface area (Å²) < 4.78 is 0. The highest BCUT2D eigenvalue weighted by Gasteiger charge is 2.23. The van der Waals surface area contributed by atoms with Gasteiger partial charge in [-0.1, -0.05) is 70.1 Å². The molecular formula is C26H42O2. The Morgan fingerprint density at radius 2 is 1.68 bits per heavy atom. The van der Waals surface area contributed by atoms with Gasteiger partial charge in [0, 0.05) is 6.42 Å². The molecule has 0 heterocycles. The highest BCUT2D eigenvalue weighted by atomic mass is 16.4. The minimum atomic E-state index is -0.666. The number of benzene rings is 1. The predicted molar refractivity (Wildman–Crippen MR) is 119 cm³/mol. The van der Waals surface area contributed by atoms with Crippen molar-refractivity contribution in [1.29, 1.82) is 0 Å². The largest absolute Gasteiger partial charge is 0.481 e. The molecule has 158 valence electrons. The Morgan fingerprint density at radius 1 is 0.964 bits per heavy atom. The number of hydrogen-bond acceptors (Lipinski definition) is 1. The molecule has 0 aliphatic heterocycles. The molecule has 1 aromatic rings. The van der Waals surface area contributed by atoms with Gasteiger partial charge in [0.25, 0.3) is 0 Å². The topological polar surface area (TPSA) is 37.3 Å². The first-order valence-corrected chi connectivity index (χ1v) is 11.9. The van der Waals surface area contributed by atoms with Gasteiger partial charge in [0.1, 0.15) is 0 Å². The Bertz CT molecular complexity index is 570. The highest BCUT2D eigenvalue weighted by Crippen LogP contribution is 2.39. The summed E-state index contributed by atoms with van der Waals surface area (Å²) in [7, 11) is 0. The zero-order valence-electron chi connectivity index (χ0n) is 18.3. The van der Waals surface area contributed by atoms with E-state index in [0.29, 0.717) is 6.42 Å². The van der Waals surface area contributed by atoms with Gasteiger partial charge >= 0.3 is 5.97 Å². The molecule has 1 fully saturated rings. The first-order valence-electron chi connectivity index (χ1n) is 11.9. The predicted octanol–water partition coefficient (Wildman–Crippen LogP) is 7.82. The van der Waals surface area contributed by atoms with Crippen LogP contribution in [-0.2, 0) is 11.2 Å². The average Bonchev–Trinajstić information content (AvgIpc) is 2.68. The number of unbranched alkanes of at least 4 members (excludes halogenated alkanes) is 6. The van der Waals surface area contributed by atoms with Crippen molar-refractivity contribution in [1.82, 2.24) is 0 Å². The third kappa shape index (κ3) is 8.37. The Labute approximate surface area is 173 Å². The van der Waals surface area contributed by atoms with Crippen LogP contribution in [0.15, 0.2) is 18.2 Å². The molecule has 0 aromatic heterocycles. The average molecular weight is 387 g/mol. The number of hydrogen-bond donors (Lipinski definition) is 1. The van der Waals surface area contributed by atoms with Gasteiger partial charge in [0.05, 0.1) is 0 Å². The molecule has 2 heteroatoms. The molecule has 0 radical (unpaired) electrons. The number of rotatable bonds is 13. The monoisotopic (exact) mass is 386 g/mol. The molecule has 2 rings (SSSR count). The summed E-state index contributed by atoms with van der Waals surface area (Å²) in [5, 5.41) is 8.66. The fourth-order valence-corrected chi connectivity index (χ4v) is 4.93. The molecule has 28 heavy (non-hydrogen) atoms. The van der Waals surface area contributed by atoms with Gasteiger partial charge in [-0.15, -0.1) is 0 Å². The van der Waals surface area contributed by atoms with Crippen LogP contribution in [0.1, 0.15) is 119 Å². The first-order chi connectivity index (χ1) is 13.6. The van der Waals surface area contributed by atoms with E-state index >= 15 is 0 Å². The summed E-state index contributed by atoms with van der Waals surface area (Å²) in [4.78, 5) is 10.5. The number of aryl methyl sites for hydroxylation is 2. The lowest BCUT2D eigenvalue weighted by molar-refractivity contribution is -0.137. The number of aliphatic carboxylic acids is 1. The van der Waals surface area contributed by atoms with Crippen LogP contribution in [0.4, 0.5) is 0 Å². The van der Waals surface area contributed by atoms with Crippen molar-refractivity contribution in [2.45, 2.75) is 116 Å². The lowest BCUT2D eigenvalue weighted by Crippen LogP contribution is -2.14. The maximum absolute atomic E-state index is 10.5. The highest BCUT2D eigenvalue weighted by molar-refractivity contribution is 5.66. The van der Waals surface area contributed by atoms with Crippen molar-refractivity contribution in [3.05, 3.63) is 34.9 Å². The zero-order chi connectivity index (χ0) is 20.2. The third-order valence-electron chi connectivity index (χ3n) is 6.69. The van der Waals surface area contributed by atoms with Crippen LogP contribution < -0.4 is 0 Å². The van der Waals surface area contributed by atoms with E-state index < -0.39 is 5.97 Å². The van der Waals surface area contributed by atoms with E-state index in [1.54, 1.807) is 5.56 Å². The second kappa shape index (κ2) is 13.0. The van der Waals surface area contributed by atoms with Crippen LogP contribution in [0.25, 0.3) is 0 Å². The fraction of sp³-hybridized carbons (Fsp3) is 0.731. The Morgan fingerprint density at radius 3 is 2.36 bits per heavy atom. The molecule has 1 aliphatic carbocycles. The second-order valence-corrected chi connectivity index (χ2v) is 9.07. The van der Waals surface area contributed by atoms with Crippen molar-refractivity contribution in [3.8, 4) is 0 Å². The van der Waals surface area contributed by atoms with E-state index in [2.05, 4.69) is 32.0 Å². The smallest absolute Gasteiger partial charge is 0.303 e. The number of carboxylic acids is 1. The van der Waals surface area contributed by atoms with Crippen molar-refractivity contribution < 1.29 is 9.90 Å². The number of carbonyl (C=O) groups is 1. The van der Waals surface area contributed by atoms with Crippen molar-refractivity contribution in [2.24, 2.45) is 5.92 Å². The quantitative estimate of drug-likeness (QED) is 0.351. The summed E-state index contributed by atoms with van der Waals surface area (Å²) in [6, 6.07) is 7.20. The second-order valence-electron chi connectivity index (χ2n) is 9.07. The molecule has 1 aliphatic rings. The fourth-order valence-electron chi connectivity index (χ4n) is 4.93. The molecular weight excluding hydrogens is 344 g/mol. The minimum absolute atomic E-state index is 0.321. The maximum atomic E-state index is 10.5. The summed E-state index contributed by atoms with van der Waals surface area (Å²) >= 11 is 0. The van der Waals surface area contributed by atoms with Crippen molar-refractivity contribution in [3.63, 3.8) is 0 Å². The summed E-state index contributed by atoms with van der Waals surface area (Å²) in [6.45, 7) is 4.60. The van der Waals surface area contributed by atoms with Crippen LogP contribution in [0.2, 0.25) is 0 Å². The van der Waals surface area contributed by atoms with Gasteiger partial charge in [-0.2, -0.15) is 0 Å². The van der Waals surface area contributed by atoms with Gasteiger partial charge in [0.2, 0.25) is 0 Å². The van der Waals surface area contributed by atoms with Crippen LogP contribution >= 0.6 is 0 Å². The van der Waals surface area contributed by atoms with Crippen LogP contribution in [0.3, 0.4) is 0 Å². The van der Waals surface area contributed by atoms with Crippen LogP contribution in [-0.4, -0.2) is 11.1 Å². The Hall–Kier alpha value is -1.31. The minimum Gasteiger partial charge on any atom is -0.481 e. The molecule has 0 saturated heterocycles. The van der Waals surface area contributed by atoms with Gasteiger partial charge in [-0.05, 0) is 80.4 Å². The van der Waals surface area contributed by atoms with E-state index in [1.165, 1.54) is 75.3 Å². The molecule has 0 bridgehead atoms. The van der Waals surface area contributed by atoms with Gasteiger partial charge in [-0.3, -0.25) is 4.79 Å². The standard InChI is InChI=1S/C26H42O2/c1-3-4-8-11-22-14-17-24(18-15-22)25-19-16-23(20-21(25)2)12-9-6-5-7-10-13-26(27)28/h16,19-20,22,24H,3-15,17-18H2,1-2H3,(H,27,28). The normalized spacial score (nSPS) is 19.6. The molecule has 1 aromatic carbocycles. The Balaban J connectivity index is 1.68. The van der Waals surface area contributed by atoms with E-state index in [1.807, 2.05) is 0 Å². The van der Waals surface area contributed by atoms with Crippen LogP contribution in [0.5, 0.6) is 0 Å². The zero-order valence-corrected chi connectivity index (χ0v) is 18.3. The summed E-state index contributed by atoms with van der Waals surface area (Å²) in [5.41, 5.74) is 4.57. The molecule has 0 atom stereocenters. The third-order valence-corrected chi connectivity index (χ3v) is 6.69. The lowest BCUT2D eigenvalue weighted by Gasteiger charge is -2.30. The van der Waals surface area contributed by atoms with Crippen molar-refractivity contribution in [2.75, 3.05) is 0 Å². The lowest BCUT2D eigenvalue weighted by atomic mass is 9.76. The number of carboxylic acid groups (broad SMARTS) is 1. The molecule has 0 unspecified atom stereocenters. The Kier molecular flexibility index (Phi) is 10.7.